The van der Waals surface area contributed by atoms with E-state index in [1.807, 2.05) is 6.92 Å². The van der Waals surface area contributed by atoms with Crippen molar-refractivity contribution in [2.75, 3.05) is 13.1 Å². The Morgan fingerprint density at radius 1 is 1.22 bits per heavy atom. The van der Waals surface area contributed by atoms with Crippen LogP contribution in [0.1, 0.15) is 24.5 Å². The van der Waals surface area contributed by atoms with Crippen LogP contribution in [0.4, 0.5) is 13.6 Å². The first kappa shape index (κ1) is 18.8. The monoisotopic (exact) mass is 373 g/mol. The fraction of sp³-hybridized carbons (Fsp3) is 0.300. The van der Waals surface area contributed by atoms with Crippen molar-refractivity contribution in [3.63, 3.8) is 0 Å². The highest BCUT2D eigenvalue weighted by molar-refractivity contribution is 6.01. The second kappa shape index (κ2) is 8.62. The van der Waals surface area contributed by atoms with Gasteiger partial charge < -0.3 is 15.1 Å². The predicted octanol–water partition coefficient (Wildman–Crippen LogP) is 3.69. The maximum atomic E-state index is 13.9. The average molecular weight is 373 g/mol. The number of urea groups is 1. The minimum atomic E-state index is -0.373. The van der Waals surface area contributed by atoms with Gasteiger partial charge in [0.1, 0.15) is 11.6 Å². The van der Waals surface area contributed by atoms with Crippen molar-refractivity contribution in [3.8, 4) is 0 Å². The van der Waals surface area contributed by atoms with Crippen LogP contribution in [0.25, 0.3) is 0 Å². The van der Waals surface area contributed by atoms with Crippen LogP contribution in [0.15, 0.2) is 53.7 Å². The SMILES string of the molecule is CCNC(=O)N(Cc1ccc(F)cc1)C[C@@H]1CC(c2ccccc2F)=NO1. The molecule has 1 aliphatic rings. The molecule has 0 saturated carbocycles. The number of benzene rings is 2. The van der Waals surface area contributed by atoms with Crippen LogP contribution in [0.2, 0.25) is 0 Å². The van der Waals surface area contributed by atoms with Gasteiger partial charge >= 0.3 is 6.03 Å². The van der Waals surface area contributed by atoms with E-state index in [0.29, 0.717) is 30.8 Å². The smallest absolute Gasteiger partial charge is 0.317 e. The van der Waals surface area contributed by atoms with Gasteiger partial charge in [-0.25, -0.2) is 13.6 Å². The Morgan fingerprint density at radius 3 is 2.67 bits per heavy atom. The number of nitrogens with zero attached hydrogens (tertiary/aromatic N) is 2. The number of halogens is 2. The summed E-state index contributed by atoms with van der Waals surface area (Å²) in [7, 11) is 0. The maximum Gasteiger partial charge on any atom is 0.317 e. The Morgan fingerprint density at radius 2 is 1.96 bits per heavy atom. The van der Waals surface area contributed by atoms with Gasteiger partial charge in [0.05, 0.1) is 12.3 Å². The van der Waals surface area contributed by atoms with Gasteiger partial charge in [0.15, 0.2) is 6.10 Å². The van der Waals surface area contributed by atoms with Crippen LogP contribution in [0, 0.1) is 11.6 Å². The van der Waals surface area contributed by atoms with E-state index in [0.717, 1.165) is 5.56 Å². The molecule has 0 radical (unpaired) electrons. The molecule has 0 fully saturated rings. The lowest BCUT2D eigenvalue weighted by molar-refractivity contribution is 0.0590. The maximum absolute atomic E-state index is 13.9. The lowest BCUT2D eigenvalue weighted by Gasteiger charge is -2.25. The van der Waals surface area contributed by atoms with Crippen LogP contribution in [-0.4, -0.2) is 35.8 Å². The van der Waals surface area contributed by atoms with E-state index in [2.05, 4.69) is 10.5 Å². The Bertz CT molecular complexity index is 824. The molecular weight excluding hydrogens is 352 g/mol. The number of hydrogen-bond donors (Lipinski definition) is 1. The summed E-state index contributed by atoms with van der Waals surface area (Å²) in [5.74, 6) is -0.683. The van der Waals surface area contributed by atoms with Crippen molar-refractivity contribution in [2.24, 2.45) is 5.16 Å². The fourth-order valence-electron chi connectivity index (χ4n) is 2.92. The second-order valence-corrected chi connectivity index (χ2v) is 6.29. The summed E-state index contributed by atoms with van der Waals surface area (Å²) in [6.07, 6.45) is 0.0305. The van der Waals surface area contributed by atoms with Crippen molar-refractivity contribution in [3.05, 3.63) is 71.3 Å². The van der Waals surface area contributed by atoms with Crippen LogP contribution >= 0.6 is 0 Å². The predicted molar refractivity (Wildman–Crippen MR) is 98.3 cm³/mol. The van der Waals surface area contributed by atoms with Crippen molar-refractivity contribution in [2.45, 2.75) is 26.0 Å². The number of hydrogen-bond acceptors (Lipinski definition) is 3. The van der Waals surface area contributed by atoms with E-state index < -0.39 is 0 Å². The van der Waals surface area contributed by atoms with E-state index in [4.69, 9.17) is 4.84 Å². The van der Waals surface area contributed by atoms with Gasteiger partial charge in [0.25, 0.3) is 0 Å². The number of carbonyl (C=O) groups excluding carboxylic acids is 1. The molecule has 1 N–H and O–H groups in total. The topological polar surface area (TPSA) is 53.9 Å². The lowest BCUT2D eigenvalue weighted by atomic mass is 10.0. The molecule has 5 nitrogen and oxygen atoms in total. The summed E-state index contributed by atoms with van der Waals surface area (Å²) in [6.45, 7) is 2.91. The first-order valence-corrected chi connectivity index (χ1v) is 8.81. The molecule has 142 valence electrons. The second-order valence-electron chi connectivity index (χ2n) is 6.29. The van der Waals surface area contributed by atoms with Gasteiger partial charge in [-0.1, -0.05) is 35.5 Å². The molecule has 7 heteroatoms. The summed E-state index contributed by atoms with van der Waals surface area (Å²) in [5, 5.41) is 6.76. The molecule has 3 rings (SSSR count). The quantitative estimate of drug-likeness (QED) is 0.840. The van der Waals surface area contributed by atoms with Gasteiger partial charge in [-0.2, -0.15) is 0 Å². The van der Waals surface area contributed by atoms with E-state index in [9.17, 15) is 13.6 Å². The Kier molecular flexibility index (Phi) is 6.01. The summed E-state index contributed by atoms with van der Waals surface area (Å²) >= 11 is 0. The van der Waals surface area contributed by atoms with Crippen molar-refractivity contribution < 1.29 is 18.4 Å². The summed E-state index contributed by atoms with van der Waals surface area (Å²) in [4.78, 5) is 19.4. The van der Waals surface area contributed by atoms with Crippen LogP contribution < -0.4 is 5.32 Å². The van der Waals surface area contributed by atoms with Crippen LogP contribution in [-0.2, 0) is 11.4 Å². The number of carbonyl (C=O) groups is 1. The first-order valence-electron chi connectivity index (χ1n) is 8.81. The zero-order valence-electron chi connectivity index (χ0n) is 15.0. The number of nitrogens with one attached hydrogen (secondary N) is 1. The zero-order valence-corrected chi connectivity index (χ0v) is 15.0. The normalized spacial score (nSPS) is 15.8. The molecule has 0 unspecified atom stereocenters. The number of rotatable bonds is 6. The van der Waals surface area contributed by atoms with E-state index in [1.165, 1.54) is 18.2 Å². The van der Waals surface area contributed by atoms with Crippen molar-refractivity contribution in [1.29, 1.82) is 0 Å². The number of oxime groups is 1. The Labute approximate surface area is 156 Å². The lowest BCUT2D eigenvalue weighted by Crippen LogP contribution is -2.43. The molecule has 1 atom stereocenters. The van der Waals surface area contributed by atoms with E-state index in [-0.39, 0.29) is 30.3 Å². The Balaban J connectivity index is 1.67. The van der Waals surface area contributed by atoms with Gasteiger partial charge in [-0.05, 0) is 30.7 Å². The largest absolute Gasteiger partial charge is 0.390 e. The highest BCUT2D eigenvalue weighted by atomic mass is 19.1. The molecule has 0 aliphatic carbocycles. The van der Waals surface area contributed by atoms with Gasteiger partial charge in [0, 0.05) is 25.1 Å². The molecule has 1 heterocycles. The molecule has 1 aliphatic heterocycles. The minimum Gasteiger partial charge on any atom is -0.390 e. The molecule has 0 saturated heterocycles. The molecule has 0 aromatic heterocycles. The fourth-order valence-corrected chi connectivity index (χ4v) is 2.92. The third-order valence-corrected chi connectivity index (χ3v) is 4.24. The molecule has 2 amide bonds. The molecule has 0 bridgehead atoms. The molecule has 27 heavy (non-hydrogen) atoms. The van der Waals surface area contributed by atoms with Gasteiger partial charge in [0.2, 0.25) is 0 Å². The molecule has 2 aromatic rings. The third-order valence-electron chi connectivity index (χ3n) is 4.24. The van der Waals surface area contributed by atoms with Crippen LogP contribution in [0.3, 0.4) is 0 Å². The highest BCUT2D eigenvalue weighted by Crippen LogP contribution is 2.20. The first-order chi connectivity index (χ1) is 13.1. The zero-order chi connectivity index (χ0) is 19.2. The summed E-state index contributed by atoms with van der Waals surface area (Å²) < 4.78 is 27.0. The van der Waals surface area contributed by atoms with E-state index in [1.54, 1.807) is 35.2 Å². The molecule has 2 aromatic carbocycles. The summed E-state index contributed by atoms with van der Waals surface area (Å²) in [5.41, 5.74) is 1.73. The van der Waals surface area contributed by atoms with E-state index >= 15 is 0 Å². The Hall–Kier alpha value is -2.96. The average Bonchev–Trinajstić information content (AvgIpc) is 3.12. The van der Waals surface area contributed by atoms with Crippen molar-refractivity contribution in [1.82, 2.24) is 10.2 Å². The highest BCUT2D eigenvalue weighted by Gasteiger charge is 2.27. The van der Waals surface area contributed by atoms with Gasteiger partial charge in [-0.15, -0.1) is 0 Å². The minimum absolute atomic E-state index is 0.246. The van der Waals surface area contributed by atoms with Crippen molar-refractivity contribution >= 4 is 11.7 Å². The molecular formula is C20H21F2N3O2. The third kappa shape index (κ3) is 4.81. The van der Waals surface area contributed by atoms with Crippen LogP contribution in [0.5, 0.6) is 0 Å². The summed E-state index contributed by atoms with van der Waals surface area (Å²) in [6, 6.07) is 12.1. The van der Waals surface area contributed by atoms with Gasteiger partial charge in [-0.3, -0.25) is 0 Å². The number of amides is 2. The standard InChI is InChI=1S/C20H21F2N3O2/c1-2-23-20(26)25(12-14-7-9-15(21)10-8-14)13-16-11-19(24-27-16)17-5-3-4-6-18(17)22/h3-10,16H,2,11-13H2,1H3,(H,23,26)/t16-/m0/s1. The molecule has 0 spiro atoms.